The van der Waals surface area contributed by atoms with Crippen molar-refractivity contribution in [3.8, 4) is 0 Å². The highest BCUT2D eigenvalue weighted by Crippen LogP contribution is 2.25. The molecule has 0 N–H and O–H groups in total. The highest BCUT2D eigenvalue weighted by Gasteiger charge is 2.18. The highest BCUT2D eigenvalue weighted by molar-refractivity contribution is 14.1. The number of methoxy groups -OCH3 is 1. The summed E-state index contributed by atoms with van der Waals surface area (Å²) in [4.78, 5) is 0. The summed E-state index contributed by atoms with van der Waals surface area (Å²) >= 11 is 2.52. The van der Waals surface area contributed by atoms with E-state index in [9.17, 15) is 0 Å². The lowest BCUT2D eigenvalue weighted by Crippen LogP contribution is -2.21. The fraction of sp³-hybridized carbons (Fsp3) is 1.00. The summed E-state index contributed by atoms with van der Waals surface area (Å²) in [5.41, 5.74) is 0. The van der Waals surface area contributed by atoms with Gasteiger partial charge in [0.15, 0.2) is 0 Å². The molecule has 1 nitrogen and oxygen atoms in total. The quantitative estimate of drug-likeness (QED) is 0.505. The van der Waals surface area contributed by atoms with Crippen molar-refractivity contribution in [3.63, 3.8) is 0 Å². The monoisotopic (exact) mass is 240 g/mol. The van der Waals surface area contributed by atoms with Crippen LogP contribution in [0.2, 0.25) is 0 Å². The van der Waals surface area contributed by atoms with E-state index in [4.69, 9.17) is 4.74 Å². The maximum absolute atomic E-state index is 5.26. The number of alkyl halides is 1. The predicted molar refractivity (Wildman–Crippen MR) is 47.1 cm³/mol. The Morgan fingerprint density at radius 1 is 1.44 bits per heavy atom. The van der Waals surface area contributed by atoms with E-state index in [-0.39, 0.29) is 0 Å². The van der Waals surface area contributed by atoms with Gasteiger partial charge in [0.05, 0.1) is 6.10 Å². The van der Waals surface area contributed by atoms with Crippen LogP contribution in [0.15, 0.2) is 0 Å². The first kappa shape index (κ1) is 7.79. The molecule has 9 heavy (non-hydrogen) atoms. The van der Waals surface area contributed by atoms with Gasteiger partial charge >= 0.3 is 0 Å². The summed E-state index contributed by atoms with van der Waals surface area (Å²) in [6.07, 6.45) is 5.83. The summed E-state index contributed by atoms with van der Waals surface area (Å²) in [5, 5.41) is 0. The minimum absolute atomic E-state index is 0.556. The first-order valence-corrected chi connectivity index (χ1v) is 4.74. The van der Waals surface area contributed by atoms with E-state index in [0.29, 0.717) is 6.10 Å². The third kappa shape index (κ3) is 2.42. The molecule has 2 unspecified atom stereocenters. The number of hydrogen-bond acceptors (Lipinski definition) is 1. The Kier molecular flexibility index (Phi) is 3.26. The van der Waals surface area contributed by atoms with Crippen LogP contribution in [-0.2, 0) is 4.74 Å². The van der Waals surface area contributed by atoms with Gasteiger partial charge in [0.1, 0.15) is 0 Å². The molecule has 0 aromatic heterocycles. The molecule has 1 aliphatic rings. The van der Waals surface area contributed by atoms with Crippen LogP contribution in [0.25, 0.3) is 0 Å². The van der Waals surface area contributed by atoms with E-state index in [2.05, 4.69) is 22.6 Å². The Labute approximate surface area is 70.3 Å². The third-order valence-electron chi connectivity index (χ3n) is 1.90. The fourth-order valence-corrected chi connectivity index (χ4v) is 2.31. The average Bonchev–Trinajstić information content (AvgIpc) is 1.88. The lowest BCUT2D eigenvalue weighted by atomic mass is 9.98. The van der Waals surface area contributed by atoms with E-state index >= 15 is 0 Å². The molecule has 0 aromatic carbocycles. The first-order chi connectivity index (χ1) is 4.33. The van der Waals surface area contributed by atoms with E-state index in [1.54, 1.807) is 0 Å². The topological polar surface area (TPSA) is 9.23 Å². The van der Waals surface area contributed by atoms with Gasteiger partial charge in [-0.05, 0) is 25.7 Å². The predicted octanol–water partition coefficient (Wildman–Crippen LogP) is 2.38. The smallest absolute Gasteiger partial charge is 0.0581 e. The Hall–Kier alpha value is 0.690. The Balaban J connectivity index is 2.23. The Bertz CT molecular complexity index is 85.0. The molecule has 2 atom stereocenters. The summed E-state index contributed by atoms with van der Waals surface area (Å²) in [7, 11) is 1.82. The average molecular weight is 240 g/mol. The van der Waals surface area contributed by atoms with E-state index in [1.165, 1.54) is 25.7 Å². The lowest BCUT2D eigenvalue weighted by Gasteiger charge is -2.23. The molecule has 0 bridgehead atoms. The van der Waals surface area contributed by atoms with Crippen LogP contribution in [0.4, 0.5) is 0 Å². The van der Waals surface area contributed by atoms with Crippen molar-refractivity contribution in [1.29, 1.82) is 0 Å². The maximum atomic E-state index is 5.26. The number of halogens is 1. The van der Waals surface area contributed by atoms with Crippen LogP contribution in [0, 0.1) is 0 Å². The molecule has 0 heterocycles. The second kappa shape index (κ2) is 3.76. The van der Waals surface area contributed by atoms with Crippen LogP contribution in [0.3, 0.4) is 0 Å². The molecule has 1 aliphatic carbocycles. The molecule has 0 aromatic rings. The number of rotatable bonds is 1. The van der Waals surface area contributed by atoms with Gasteiger partial charge in [0.25, 0.3) is 0 Å². The van der Waals surface area contributed by atoms with Crippen molar-refractivity contribution in [3.05, 3.63) is 0 Å². The Morgan fingerprint density at radius 2 is 2.22 bits per heavy atom. The normalized spacial score (nSPS) is 36.7. The zero-order valence-electron chi connectivity index (χ0n) is 5.77. The van der Waals surface area contributed by atoms with Crippen LogP contribution in [0.5, 0.6) is 0 Å². The molecule has 0 aliphatic heterocycles. The third-order valence-corrected chi connectivity index (χ3v) is 3.03. The van der Waals surface area contributed by atoms with Crippen molar-refractivity contribution >= 4 is 22.6 Å². The van der Waals surface area contributed by atoms with Gasteiger partial charge in [-0.25, -0.2) is 0 Å². The summed E-state index contributed by atoms with van der Waals surface area (Å²) < 4.78 is 6.12. The molecular formula is C7H13IO. The van der Waals surface area contributed by atoms with Gasteiger partial charge in [-0.2, -0.15) is 0 Å². The molecule has 1 saturated carbocycles. The molecular weight excluding hydrogens is 227 g/mol. The lowest BCUT2D eigenvalue weighted by molar-refractivity contribution is 0.0745. The summed E-state index contributed by atoms with van der Waals surface area (Å²) in [6, 6.07) is 0. The van der Waals surface area contributed by atoms with Crippen LogP contribution in [-0.4, -0.2) is 17.1 Å². The number of ether oxygens (including phenoxy) is 1. The standard InChI is InChI=1S/C7H13IO/c1-9-7-4-2-3-6(8)5-7/h6-7H,2-5H2,1H3. The van der Waals surface area contributed by atoms with Gasteiger partial charge in [0, 0.05) is 11.0 Å². The molecule has 0 spiro atoms. The molecule has 2 heteroatoms. The van der Waals surface area contributed by atoms with Gasteiger partial charge in [-0.15, -0.1) is 0 Å². The molecule has 0 amide bonds. The molecule has 1 rings (SSSR count). The Morgan fingerprint density at radius 3 is 2.67 bits per heavy atom. The van der Waals surface area contributed by atoms with Crippen molar-refractivity contribution in [2.45, 2.75) is 35.7 Å². The maximum Gasteiger partial charge on any atom is 0.0581 e. The van der Waals surface area contributed by atoms with Crippen molar-refractivity contribution < 1.29 is 4.74 Å². The summed E-state index contributed by atoms with van der Waals surface area (Å²) in [5.74, 6) is 0. The van der Waals surface area contributed by atoms with Crippen molar-refractivity contribution in [2.75, 3.05) is 7.11 Å². The molecule has 0 radical (unpaired) electrons. The van der Waals surface area contributed by atoms with Crippen molar-refractivity contribution in [1.82, 2.24) is 0 Å². The van der Waals surface area contributed by atoms with Gasteiger partial charge in [-0.3, -0.25) is 0 Å². The van der Waals surface area contributed by atoms with E-state index < -0.39 is 0 Å². The highest BCUT2D eigenvalue weighted by atomic mass is 127. The molecule has 54 valence electrons. The largest absolute Gasteiger partial charge is 0.381 e. The minimum atomic E-state index is 0.556. The second-order valence-electron chi connectivity index (χ2n) is 2.62. The second-order valence-corrected chi connectivity index (χ2v) is 4.38. The van der Waals surface area contributed by atoms with E-state index in [1.807, 2.05) is 7.11 Å². The summed E-state index contributed by atoms with van der Waals surface area (Å²) in [6.45, 7) is 0. The van der Waals surface area contributed by atoms with Gasteiger partial charge in [-0.1, -0.05) is 22.6 Å². The fourth-order valence-electron chi connectivity index (χ4n) is 1.30. The number of hydrogen-bond donors (Lipinski definition) is 0. The van der Waals surface area contributed by atoms with E-state index in [0.717, 1.165) is 3.92 Å². The van der Waals surface area contributed by atoms with Crippen LogP contribution in [0.1, 0.15) is 25.7 Å². The van der Waals surface area contributed by atoms with Crippen LogP contribution >= 0.6 is 22.6 Å². The molecule has 1 fully saturated rings. The first-order valence-electron chi connectivity index (χ1n) is 3.50. The van der Waals surface area contributed by atoms with Gasteiger partial charge in [0.2, 0.25) is 0 Å². The zero-order valence-corrected chi connectivity index (χ0v) is 7.93. The van der Waals surface area contributed by atoms with Crippen molar-refractivity contribution in [2.24, 2.45) is 0 Å². The molecule has 0 saturated heterocycles. The van der Waals surface area contributed by atoms with Crippen LogP contribution < -0.4 is 0 Å². The zero-order chi connectivity index (χ0) is 6.69. The SMILES string of the molecule is COC1CCCC(I)C1. The minimum Gasteiger partial charge on any atom is -0.381 e. The van der Waals surface area contributed by atoms with Gasteiger partial charge < -0.3 is 4.74 Å².